The molecular weight excluding hydrogens is 387 g/mol. The smallest absolute Gasteiger partial charge is 0.197 e. The summed E-state index contributed by atoms with van der Waals surface area (Å²) in [5, 5.41) is 9.29. The second kappa shape index (κ2) is 7.79. The number of rotatable bonds is 3. The van der Waals surface area contributed by atoms with Gasteiger partial charge in [0.25, 0.3) is 0 Å². The predicted octanol–water partition coefficient (Wildman–Crippen LogP) is 3.67. The van der Waals surface area contributed by atoms with E-state index in [9.17, 15) is 4.39 Å². The van der Waals surface area contributed by atoms with Crippen LogP contribution < -0.4 is 15.5 Å². The number of aliphatic imine (C=N–C) groups is 1. The zero-order valence-electron chi connectivity index (χ0n) is 15.9. The van der Waals surface area contributed by atoms with E-state index in [1.165, 1.54) is 17.4 Å². The Labute approximate surface area is 172 Å². The molecule has 29 heavy (non-hydrogen) atoms. The molecule has 6 nitrogen and oxygen atoms in total. The van der Waals surface area contributed by atoms with Crippen LogP contribution in [0.4, 0.5) is 15.3 Å². The van der Waals surface area contributed by atoms with Gasteiger partial charge in [0.1, 0.15) is 17.3 Å². The maximum Gasteiger partial charge on any atom is 0.197 e. The molecular formula is C21H21FN6S. The van der Waals surface area contributed by atoms with Crippen LogP contribution in [0.2, 0.25) is 0 Å². The number of hydrogen-bond donors (Lipinski definition) is 2. The van der Waals surface area contributed by atoms with E-state index in [0.29, 0.717) is 0 Å². The fourth-order valence-electron chi connectivity index (χ4n) is 3.63. The van der Waals surface area contributed by atoms with Crippen molar-refractivity contribution in [3.05, 3.63) is 58.7 Å². The van der Waals surface area contributed by atoms with Crippen LogP contribution in [0.5, 0.6) is 0 Å². The number of pyridine rings is 1. The summed E-state index contributed by atoms with van der Waals surface area (Å²) in [6.07, 6.45) is 1.87. The minimum atomic E-state index is -0.167. The molecule has 0 unspecified atom stereocenters. The second-order valence-corrected chi connectivity index (χ2v) is 8.00. The first kappa shape index (κ1) is 18.1. The first-order valence-corrected chi connectivity index (χ1v) is 10.6. The number of thiazole rings is 1. The zero-order valence-corrected chi connectivity index (χ0v) is 16.7. The largest absolute Gasteiger partial charge is 0.356 e. The van der Waals surface area contributed by atoms with Gasteiger partial charge >= 0.3 is 0 Å². The van der Waals surface area contributed by atoms with Crippen LogP contribution in [0.25, 0.3) is 11.4 Å². The molecule has 0 radical (unpaired) electrons. The molecule has 148 valence electrons. The monoisotopic (exact) mass is 408 g/mol. The lowest BCUT2D eigenvalue weighted by Crippen LogP contribution is -2.35. The summed E-state index contributed by atoms with van der Waals surface area (Å²) in [5.74, 6) is 1.53. The van der Waals surface area contributed by atoms with Gasteiger partial charge in [0.05, 0.1) is 5.69 Å². The van der Waals surface area contributed by atoms with Gasteiger partial charge in [0, 0.05) is 31.6 Å². The average Bonchev–Trinajstić information content (AvgIpc) is 3.23. The Morgan fingerprint density at radius 1 is 1.10 bits per heavy atom. The summed E-state index contributed by atoms with van der Waals surface area (Å²) in [5.41, 5.74) is 3.93. The molecule has 2 aliphatic rings. The zero-order chi connectivity index (χ0) is 19.6. The first-order valence-electron chi connectivity index (χ1n) is 9.75. The van der Waals surface area contributed by atoms with Crippen molar-refractivity contribution in [1.29, 1.82) is 0 Å². The summed E-state index contributed by atoms with van der Waals surface area (Å²) in [4.78, 5) is 16.2. The number of halogens is 1. The van der Waals surface area contributed by atoms with Crippen LogP contribution in [0.3, 0.4) is 0 Å². The number of guanidine groups is 1. The molecule has 0 fully saturated rings. The van der Waals surface area contributed by atoms with Crippen molar-refractivity contribution < 1.29 is 4.39 Å². The Hall–Kier alpha value is -3.00. The van der Waals surface area contributed by atoms with Gasteiger partial charge in [-0.25, -0.2) is 14.4 Å². The van der Waals surface area contributed by atoms with Crippen molar-refractivity contribution in [1.82, 2.24) is 15.3 Å². The molecule has 8 heteroatoms. The number of nitrogens with one attached hydrogen (secondary N) is 2. The van der Waals surface area contributed by atoms with Gasteiger partial charge in [-0.2, -0.15) is 0 Å². The molecule has 0 bridgehead atoms. The standard InChI is InChI=1S/C21H21FN6S/c22-16-6-5-15-12-28(10-7-14(15)11-16)19-4-1-3-17(25-19)18-13-29-21(26-18)27-20-23-8-2-9-24-20/h1,3-6,11,13H,2,7-10,12H2,(H2,23,24,26,27). The van der Waals surface area contributed by atoms with Gasteiger partial charge in [0.15, 0.2) is 11.1 Å². The number of benzene rings is 1. The van der Waals surface area contributed by atoms with E-state index < -0.39 is 0 Å². The van der Waals surface area contributed by atoms with Crippen molar-refractivity contribution >= 4 is 28.2 Å². The van der Waals surface area contributed by atoms with Crippen molar-refractivity contribution in [2.75, 3.05) is 29.9 Å². The normalized spacial score (nSPS) is 16.0. The van der Waals surface area contributed by atoms with Gasteiger partial charge in [-0.1, -0.05) is 12.1 Å². The number of nitrogens with zero attached hydrogens (tertiary/aromatic N) is 4. The maximum atomic E-state index is 13.5. The average molecular weight is 409 g/mol. The first-order chi connectivity index (χ1) is 14.2. The molecule has 0 aliphatic carbocycles. The quantitative estimate of drug-likeness (QED) is 0.692. The van der Waals surface area contributed by atoms with Crippen molar-refractivity contribution in [3.63, 3.8) is 0 Å². The molecule has 0 saturated heterocycles. The lowest BCUT2D eigenvalue weighted by molar-refractivity contribution is 0.618. The van der Waals surface area contributed by atoms with Gasteiger partial charge in [-0.15, -0.1) is 11.3 Å². The Kier molecular flexibility index (Phi) is 4.85. The molecule has 2 aromatic heterocycles. The van der Waals surface area contributed by atoms with Crippen LogP contribution in [-0.2, 0) is 13.0 Å². The summed E-state index contributed by atoms with van der Waals surface area (Å²) in [7, 11) is 0. The van der Waals surface area contributed by atoms with Crippen molar-refractivity contribution in [3.8, 4) is 11.4 Å². The molecule has 4 heterocycles. The summed E-state index contributed by atoms with van der Waals surface area (Å²) in [6.45, 7) is 3.33. The Balaban J connectivity index is 1.34. The molecule has 0 saturated carbocycles. The summed E-state index contributed by atoms with van der Waals surface area (Å²) < 4.78 is 13.5. The highest BCUT2D eigenvalue weighted by atomic mass is 32.1. The molecule has 0 amide bonds. The minimum Gasteiger partial charge on any atom is -0.356 e. The maximum absolute atomic E-state index is 13.5. The number of fused-ring (bicyclic) bond motifs is 1. The highest BCUT2D eigenvalue weighted by Crippen LogP contribution is 2.28. The molecule has 2 N–H and O–H groups in total. The lowest BCUT2D eigenvalue weighted by Gasteiger charge is -2.30. The topological polar surface area (TPSA) is 65.4 Å². The number of aromatic nitrogens is 2. The summed E-state index contributed by atoms with van der Waals surface area (Å²) >= 11 is 1.54. The van der Waals surface area contributed by atoms with Gasteiger partial charge in [-0.3, -0.25) is 4.99 Å². The molecule has 2 aliphatic heterocycles. The lowest BCUT2D eigenvalue weighted by atomic mass is 9.99. The van der Waals surface area contributed by atoms with Crippen LogP contribution in [0, 0.1) is 5.82 Å². The van der Waals surface area contributed by atoms with Crippen molar-refractivity contribution in [2.24, 2.45) is 4.99 Å². The van der Waals surface area contributed by atoms with E-state index >= 15 is 0 Å². The fourth-order valence-corrected chi connectivity index (χ4v) is 4.33. The Morgan fingerprint density at radius 2 is 2.07 bits per heavy atom. The van der Waals surface area contributed by atoms with Crippen LogP contribution in [0.15, 0.2) is 46.8 Å². The van der Waals surface area contributed by atoms with Crippen LogP contribution >= 0.6 is 11.3 Å². The van der Waals surface area contributed by atoms with E-state index in [0.717, 1.165) is 78.4 Å². The predicted molar refractivity (Wildman–Crippen MR) is 115 cm³/mol. The fraction of sp³-hybridized carbons (Fsp3) is 0.286. The van der Waals surface area contributed by atoms with E-state index in [2.05, 4.69) is 25.5 Å². The highest BCUT2D eigenvalue weighted by Gasteiger charge is 2.19. The third-order valence-electron chi connectivity index (χ3n) is 5.13. The third kappa shape index (κ3) is 3.93. The Morgan fingerprint density at radius 3 is 2.97 bits per heavy atom. The van der Waals surface area contributed by atoms with Crippen LogP contribution in [-0.4, -0.2) is 35.6 Å². The molecule has 0 spiro atoms. The molecule has 3 aromatic rings. The Bertz CT molecular complexity index is 1060. The van der Waals surface area contributed by atoms with Gasteiger partial charge in [-0.05, 0) is 48.2 Å². The van der Waals surface area contributed by atoms with E-state index in [1.54, 1.807) is 6.07 Å². The number of anilines is 2. The number of hydrogen-bond acceptors (Lipinski definition) is 7. The van der Waals surface area contributed by atoms with E-state index in [-0.39, 0.29) is 5.82 Å². The van der Waals surface area contributed by atoms with E-state index in [4.69, 9.17) is 4.98 Å². The SMILES string of the molecule is Fc1ccc2c(c1)CCN(c1cccc(-c3csc(NC4=NCCCN4)n3)n1)C2. The van der Waals surface area contributed by atoms with Crippen LogP contribution in [0.1, 0.15) is 17.5 Å². The highest BCUT2D eigenvalue weighted by molar-refractivity contribution is 7.14. The molecule has 0 atom stereocenters. The molecule has 1 aromatic carbocycles. The van der Waals surface area contributed by atoms with Crippen molar-refractivity contribution in [2.45, 2.75) is 19.4 Å². The minimum absolute atomic E-state index is 0.167. The molecule has 5 rings (SSSR count). The second-order valence-electron chi connectivity index (χ2n) is 7.14. The summed E-state index contributed by atoms with van der Waals surface area (Å²) in [6, 6.07) is 11.1. The van der Waals surface area contributed by atoms with Gasteiger partial charge in [0.2, 0.25) is 0 Å². The van der Waals surface area contributed by atoms with Gasteiger partial charge < -0.3 is 15.5 Å². The van der Waals surface area contributed by atoms with E-state index in [1.807, 2.05) is 29.6 Å². The third-order valence-corrected chi connectivity index (χ3v) is 5.89.